The summed E-state index contributed by atoms with van der Waals surface area (Å²) >= 11 is 2.07. The Bertz CT molecular complexity index is 706. The van der Waals surface area contributed by atoms with Crippen LogP contribution in [-0.2, 0) is 4.79 Å². The maximum absolute atomic E-state index is 12.6. The molecule has 2 aliphatic heterocycles. The summed E-state index contributed by atoms with van der Waals surface area (Å²) in [4.78, 5) is 15.2. The van der Waals surface area contributed by atoms with E-state index in [1.807, 2.05) is 24.3 Å². The van der Waals surface area contributed by atoms with Crippen LogP contribution in [0.4, 0.5) is 5.69 Å². The molecule has 1 amide bonds. The zero-order chi connectivity index (χ0) is 17.8. The number of hydrogen-bond acceptors (Lipinski definition) is 6. The number of amides is 1. The van der Waals surface area contributed by atoms with Crippen molar-refractivity contribution >= 4 is 23.4 Å². The smallest absolute Gasteiger partial charge is 0.227 e. The highest BCUT2D eigenvalue weighted by Crippen LogP contribution is 2.27. The molecule has 0 spiro atoms. The van der Waals surface area contributed by atoms with Crippen molar-refractivity contribution in [2.24, 2.45) is 5.92 Å². The van der Waals surface area contributed by atoms with Crippen molar-refractivity contribution in [1.82, 2.24) is 25.1 Å². The Morgan fingerprint density at radius 1 is 1.08 bits per heavy atom. The van der Waals surface area contributed by atoms with Gasteiger partial charge in [-0.15, -0.1) is 5.10 Å². The first-order chi connectivity index (χ1) is 12.8. The van der Waals surface area contributed by atoms with Crippen molar-refractivity contribution in [2.75, 3.05) is 29.9 Å². The van der Waals surface area contributed by atoms with Crippen molar-refractivity contribution in [3.63, 3.8) is 0 Å². The van der Waals surface area contributed by atoms with Crippen LogP contribution in [0.2, 0.25) is 0 Å². The Kier molecular flexibility index (Phi) is 5.50. The first kappa shape index (κ1) is 17.5. The quantitative estimate of drug-likeness (QED) is 0.887. The van der Waals surface area contributed by atoms with Gasteiger partial charge in [0.15, 0.2) is 0 Å². The monoisotopic (exact) mass is 372 g/mol. The molecule has 3 heterocycles. The summed E-state index contributed by atoms with van der Waals surface area (Å²) < 4.78 is 1.59. The van der Waals surface area contributed by atoms with E-state index in [1.165, 1.54) is 24.3 Å². The molecular formula is C18H24N6OS. The highest BCUT2D eigenvalue weighted by Gasteiger charge is 2.29. The van der Waals surface area contributed by atoms with Gasteiger partial charge in [0.25, 0.3) is 0 Å². The molecule has 1 aromatic heterocycles. The second-order valence-electron chi connectivity index (χ2n) is 6.94. The predicted octanol–water partition coefficient (Wildman–Crippen LogP) is 2.21. The number of anilines is 1. The number of likely N-dealkylation sites (tertiary alicyclic amines) is 1. The molecule has 4 rings (SSSR count). The lowest BCUT2D eigenvalue weighted by molar-refractivity contribution is -0.121. The highest BCUT2D eigenvalue weighted by atomic mass is 32.2. The van der Waals surface area contributed by atoms with E-state index in [0.29, 0.717) is 0 Å². The van der Waals surface area contributed by atoms with Crippen LogP contribution in [0.3, 0.4) is 0 Å². The average Bonchev–Trinajstić information content (AvgIpc) is 3.24. The summed E-state index contributed by atoms with van der Waals surface area (Å²) in [5, 5.41) is 14.2. The van der Waals surface area contributed by atoms with Gasteiger partial charge in [0.1, 0.15) is 6.33 Å². The Morgan fingerprint density at radius 3 is 2.46 bits per heavy atom. The Labute approximate surface area is 157 Å². The molecule has 0 aliphatic carbocycles. The molecule has 7 nitrogen and oxygen atoms in total. The third kappa shape index (κ3) is 4.07. The lowest BCUT2D eigenvalue weighted by atomic mass is 9.94. The van der Waals surface area contributed by atoms with Crippen molar-refractivity contribution in [3.8, 4) is 5.69 Å². The molecule has 26 heavy (non-hydrogen) atoms. The number of carbonyl (C=O) groups is 1. The number of nitrogens with zero attached hydrogens (tertiary/aromatic N) is 5. The van der Waals surface area contributed by atoms with Gasteiger partial charge < -0.3 is 10.2 Å². The average molecular weight is 372 g/mol. The molecule has 0 unspecified atom stereocenters. The maximum Gasteiger partial charge on any atom is 0.227 e. The highest BCUT2D eigenvalue weighted by molar-refractivity contribution is 7.99. The zero-order valence-corrected chi connectivity index (χ0v) is 15.6. The van der Waals surface area contributed by atoms with Crippen LogP contribution >= 0.6 is 11.8 Å². The third-order valence-electron chi connectivity index (χ3n) is 5.36. The number of aromatic nitrogens is 4. The van der Waals surface area contributed by atoms with Gasteiger partial charge in [-0.05, 0) is 85.0 Å². The van der Waals surface area contributed by atoms with Crippen LogP contribution in [0.5, 0.6) is 0 Å². The number of carbonyl (C=O) groups excluding carboxylic acids is 1. The fraction of sp³-hybridized carbons (Fsp3) is 0.556. The minimum Gasteiger partial charge on any atom is -0.326 e. The van der Waals surface area contributed by atoms with Crippen LogP contribution in [0.1, 0.15) is 25.7 Å². The molecule has 2 saturated heterocycles. The van der Waals surface area contributed by atoms with Crippen LogP contribution in [-0.4, -0.2) is 61.7 Å². The van der Waals surface area contributed by atoms with Crippen LogP contribution in [0.25, 0.3) is 5.69 Å². The molecule has 8 heteroatoms. The Hall–Kier alpha value is -1.93. The summed E-state index contributed by atoms with van der Waals surface area (Å²) in [5.41, 5.74) is 1.69. The summed E-state index contributed by atoms with van der Waals surface area (Å²) in [6.07, 6.45) is 6.06. The number of nitrogens with one attached hydrogen (secondary N) is 1. The van der Waals surface area contributed by atoms with E-state index < -0.39 is 0 Å². The number of hydrogen-bond donors (Lipinski definition) is 1. The molecular weight excluding hydrogens is 348 g/mol. The maximum atomic E-state index is 12.6. The van der Waals surface area contributed by atoms with Crippen molar-refractivity contribution < 1.29 is 4.79 Å². The molecule has 1 aromatic carbocycles. The van der Waals surface area contributed by atoms with Gasteiger partial charge >= 0.3 is 0 Å². The van der Waals surface area contributed by atoms with Gasteiger partial charge in [-0.2, -0.15) is 11.8 Å². The predicted molar refractivity (Wildman–Crippen MR) is 102 cm³/mol. The Balaban J connectivity index is 1.28. The fourth-order valence-electron chi connectivity index (χ4n) is 3.80. The summed E-state index contributed by atoms with van der Waals surface area (Å²) in [7, 11) is 0. The second-order valence-corrected chi connectivity index (χ2v) is 8.17. The van der Waals surface area contributed by atoms with Gasteiger partial charge in [-0.3, -0.25) is 4.79 Å². The molecule has 138 valence electrons. The molecule has 0 atom stereocenters. The molecule has 2 aromatic rings. The number of thioether (sulfide) groups is 1. The third-order valence-corrected chi connectivity index (χ3v) is 6.40. The van der Waals surface area contributed by atoms with Gasteiger partial charge in [0.05, 0.1) is 5.69 Å². The first-order valence-electron chi connectivity index (χ1n) is 9.26. The minimum absolute atomic E-state index is 0.114. The van der Waals surface area contributed by atoms with Gasteiger partial charge in [0, 0.05) is 17.6 Å². The molecule has 0 radical (unpaired) electrons. The van der Waals surface area contributed by atoms with E-state index in [0.717, 1.165) is 43.3 Å². The normalized spacial score (nSPS) is 20.2. The van der Waals surface area contributed by atoms with Gasteiger partial charge in [-0.1, -0.05) is 0 Å². The zero-order valence-electron chi connectivity index (χ0n) is 14.8. The van der Waals surface area contributed by atoms with Crippen LogP contribution in [0.15, 0.2) is 30.6 Å². The van der Waals surface area contributed by atoms with E-state index in [-0.39, 0.29) is 11.8 Å². The number of benzene rings is 1. The van der Waals surface area contributed by atoms with Crippen molar-refractivity contribution in [2.45, 2.75) is 31.7 Å². The van der Waals surface area contributed by atoms with E-state index in [1.54, 1.807) is 11.0 Å². The molecule has 0 saturated carbocycles. The molecule has 0 bridgehead atoms. The fourth-order valence-corrected chi connectivity index (χ4v) is 4.88. The summed E-state index contributed by atoms with van der Waals surface area (Å²) in [6.45, 7) is 2.09. The molecule has 2 aliphatic rings. The summed E-state index contributed by atoms with van der Waals surface area (Å²) in [5.74, 6) is 2.82. The van der Waals surface area contributed by atoms with Gasteiger partial charge in [-0.25, -0.2) is 4.68 Å². The number of tetrazole rings is 1. The topological polar surface area (TPSA) is 75.9 Å². The number of rotatable bonds is 4. The lowest BCUT2D eigenvalue weighted by Crippen LogP contribution is -2.45. The van der Waals surface area contributed by atoms with Crippen molar-refractivity contribution in [3.05, 3.63) is 30.6 Å². The van der Waals surface area contributed by atoms with Crippen LogP contribution < -0.4 is 5.32 Å². The second kappa shape index (κ2) is 8.18. The van der Waals surface area contributed by atoms with E-state index >= 15 is 0 Å². The number of piperidine rings is 1. The van der Waals surface area contributed by atoms with Crippen molar-refractivity contribution in [1.29, 1.82) is 0 Å². The standard InChI is InChI=1S/C18H24N6OS/c25-18(14-5-9-23(10-6-14)16-7-11-26-12-8-16)20-15-1-3-17(4-2-15)24-13-19-21-22-24/h1-4,13-14,16H,5-12H2,(H,20,25). The minimum atomic E-state index is 0.114. The first-order valence-corrected chi connectivity index (χ1v) is 10.4. The van der Waals surface area contributed by atoms with E-state index in [4.69, 9.17) is 0 Å². The van der Waals surface area contributed by atoms with Crippen LogP contribution in [0, 0.1) is 5.92 Å². The summed E-state index contributed by atoms with van der Waals surface area (Å²) in [6, 6.07) is 8.32. The van der Waals surface area contributed by atoms with E-state index in [2.05, 4.69) is 37.5 Å². The lowest BCUT2D eigenvalue weighted by Gasteiger charge is -2.38. The molecule has 2 fully saturated rings. The SMILES string of the molecule is O=C(Nc1ccc(-n2cnnn2)cc1)C1CCN(C2CCSCC2)CC1. The van der Waals surface area contributed by atoms with Gasteiger partial charge in [0.2, 0.25) is 5.91 Å². The van der Waals surface area contributed by atoms with E-state index in [9.17, 15) is 4.79 Å². The largest absolute Gasteiger partial charge is 0.326 e. The Morgan fingerprint density at radius 2 is 1.81 bits per heavy atom. The molecule has 1 N–H and O–H groups in total.